The summed E-state index contributed by atoms with van der Waals surface area (Å²) in [6, 6.07) is 17.7. The monoisotopic (exact) mass is 442 g/mol. The molecule has 8 heteroatoms. The summed E-state index contributed by atoms with van der Waals surface area (Å²) in [5.41, 5.74) is 1.01. The van der Waals surface area contributed by atoms with Crippen molar-refractivity contribution in [1.29, 1.82) is 0 Å². The van der Waals surface area contributed by atoms with Crippen molar-refractivity contribution in [1.82, 2.24) is 9.97 Å². The summed E-state index contributed by atoms with van der Waals surface area (Å²) < 4.78 is 65.7. The van der Waals surface area contributed by atoms with Crippen LogP contribution in [0.2, 0.25) is 0 Å². The van der Waals surface area contributed by atoms with Crippen LogP contribution in [-0.2, 0) is 16.0 Å². The molecule has 1 aromatic heterocycles. The van der Waals surface area contributed by atoms with Crippen LogP contribution in [0.5, 0.6) is 0 Å². The highest BCUT2D eigenvalue weighted by atomic mass is 32.2. The Morgan fingerprint density at radius 3 is 2.19 bits per heavy atom. The average molecular weight is 442 g/mol. The molecule has 0 aliphatic rings. The number of para-hydroxylation sites is 1. The van der Waals surface area contributed by atoms with Crippen molar-refractivity contribution >= 4 is 20.9 Å². The minimum Gasteiger partial charge on any atom is -0.249 e. The molecule has 4 rings (SSSR count). The Morgan fingerprint density at radius 2 is 1.55 bits per heavy atom. The molecular formula is C23H17F3N2O2S. The third kappa shape index (κ3) is 4.03. The summed E-state index contributed by atoms with van der Waals surface area (Å²) in [5, 5.41) is 0. The van der Waals surface area contributed by atoms with Crippen LogP contribution in [0.15, 0.2) is 71.6 Å². The Kier molecular flexibility index (Phi) is 5.05. The van der Waals surface area contributed by atoms with Gasteiger partial charge in [0.05, 0.1) is 27.4 Å². The number of halogens is 3. The second kappa shape index (κ2) is 7.46. The standard InChI is InChI=1S/C23H17F3N2O2S/c1-14-21(28-22-18(23(24,25)26)9-6-10-19(22)27-14)17-12-11-16(13-20(17)31(2,29)30)15-7-4-3-5-8-15/h3-13H,1-2H3. The Labute approximate surface area is 177 Å². The van der Waals surface area contributed by atoms with Crippen molar-refractivity contribution in [3.8, 4) is 22.4 Å². The lowest BCUT2D eigenvalue weighted by atomic mass is 10.0. The Balaban J connectivity index is 2.00. The number of sulfone groups is 1. The fourth-order valence-electron chi connectivity index (χ4n) is 3.48. The van der Waals surface area contributed by atoms with Crippen molar-refractivity contribution < 1.29 is 21.6 Å². The van der Waals surface area contributed by atoms with Crippen molar-refractivity contribution in [3.05, 3.63) is 78.0 Å². The van der Waals surface area contributed by atoms with E-state index in [4.69, 9.17) is 0 Å². The first kappa shape index (κ1) is 21.0. The molecular weight excluding hydrogens is 425 g/mol. The van der Waals surface area contributed by atoms with Crippen molar-refractivity contribution in [2.75, 3.05) is 6.26 Å². The van der Waals surface area contributed by atoms with Gasteiger partial charge in [0.2, 0.25) is 0 Å². The fraction of sp³-hybridized carbons (Fsp3) is 0.130. The van der Waals surface area contributed by atoms with E-state index in [1.54, 1.807) is 19.1 Å². The minimum atomic E-state index is -4.61. The molecule has 31 heavy (non-hydrogen) atoms. The minimum absolute atomic E-state index is 0.0184. The summed E-state index contributed by atoms with van der Waals surface area (Å²) in [7, 11) is -3.71. The summed E-state index contributed by atoms with van der Waals surface area (Å²) in [4.78, 5) is 8.50. The van der Waals surface area contributed by atoms with Gasteiger partial charge in [-0.25, -0.2) is 18.4 Å². The topological polar surface area (TPSA) is 59.9 Å². The lowest BCUT2D eigenvalue weighted by Gasteiger charge is -2.15. The lowest BCUT2D eigenvalue weighted by Crippen LogP contribution is -2.09. The number of hydrogen-bond acceptors (Lipinski definition) is 4. The van der Waals surface area contributed by atoms with Gasteiger partial charge in [0.25, 0.3) is 0 Å². The van der Waals surface area contributed by atoms with Crippen molar-refractivity contribution in [3.63, 3.8) is 0 Å². The van der Waals surface area contributed by atoms with E-state index < -0.39 is 21.6 Å². The van der Waals surface area contributed by atoms with Crippen LogP contribution in [0.25, 0.3) is 33.4 Å². The number of nitrogens with zero attached hydrogens (tertiary/aromatic N) is 2. The molecule has 0 unspecified atom stereocenters. The molecule has 0 radical (unpaired) electrons. The van der Waals surface area contributed by atoms with Crippen LogP contribution in [0, 0.1) is 6.92 Å². The van der Waals surface area contributed by atoms with Gasteiger partial charge < -0.3 is 0 Å². The molecule has 0 bridgehead atoms. The van der Waals surface area contributed by atoms with Gasteiger partial charge in [0.1, 0.15) is 5.52 Å². The lowest BCUT2D eigenvalue weighted by molar-refractivity contribution is -0.136. The van der Waals surface area contributed by atoms with Crippen LogP contribution < -0.4 is 0 Å². The maximum Gasteiger partial charge on any atom is 0.418 e. The Bertz CT molecular complexity index is 1400. The normalized spacial score (nSPS) is 12.3. The molecule has 158 valence electrons. The smallest absolute Gasteiger partial charge is 0.249 e. The molecule has 4 nitrogen and oxygen atoms in total. The summed E-state index contributed by atoms with van der Waals surface area (Å²) >= 11 is 0. The van der Waals surface area contributed by atoms with E-state index in [2.05, 4.69) is 9.97 Å². The molecule has 0 N–H and O–H groups in total. The van der Waals surface area contributed by atoms with E-state index in [0.29, 0.717) is 11.3 Å². The highest BCUT2D eigenvalue weighted by molar-refractivity contribution is 7.90. The molecule has 0 spiro atoms. The molecule has 1 heterocycles. The first-order chi connectivity index (χ1) is 14.6. The van der Waals surface area contributed by atoms with Gasteiger partial charge in [-0.2, -0.15) is 13.2 Å². The van der Waals surface area contributed by atoms with Crippen LogP contribution >= 0.6 is 0 Å². The SMILES string of the molecule is Cc1nc2cccc(C(F)(F)F)c2nc1-c1ccc(-c2ccccc2)cc1S(C)(=O)=O. The van der Waals surface area contributed by atoms with Gasteiger partial charge in [-0.1, -0.05) is 48.5 Å². The van der Waals surface area contributed by atoms with E-state index in [1.807, 2.05) is 30.3 Å². The van der Waals surface area contributed by atoms with Crippen LogP contribution in [0.1, 0.15) is 11.3 Å². The molecule has 0 saturated carbocycles. The second-order valence-corrected chi connectivity index (χ2v) is 9.16. The van der Waals surface area contributed by atoms with E-state index in [0.717, 1.165) is 17.9 Å². The van der Waals surface area contributed by atoms with Crippen LogP contribution in [-0.4, -0.2) is 24.6 Å². The largest absolute Gasteiger partial charge is 0.418 e. The molecule has 0 aliphatic heterocycles. The molecule has 4 aromatic rings. The molecule has 3 aromatic carbocycles. The number of alkyl halides is 3. The van der Waals surface area contributed by atoms with Crippen molar-refractivity contribution in [2.45, 2.75) is 18.0 Å². The molecule has 0 atom stereocenters. The van der Waals surface area contributed by atoms with Gasteiger partial charge in [-0.15, -0.1) is 0 Å². The number of rotatable bonds is 3. The summed E-state index contributed by atoms with van der Waals surface area (Å²) in [6.45, 7) is 1.60. The Morgan fingerprint density at radius 1 is 0.839 bits per heavy atom. The molecule has 0 fully saturated rings. The molecule has 0 saturated heterocycles. The third-order valence-electron chi connectivity index (χ3n) is 4.92. The average Bonchev–Trinajstić information content (AvgIpc) is 2.71. The predicted molar refractivity (Wildman–Crippen MR) is 113 cm³/mol. The van der Waals surface area contributed by atoms with E-state index in [9.17, 15) is 21.6 Å². The van der Waals surface area contributed by atoms with Gasteiger partial charge in [0, 0.05) is 11.8 Å². The quantitative estimate of drug-likeness (QED) is 0.409. The third-order valence-corrected chi connectivity index (χ3v) is 6.05. The predicted octanol–water partition coefficient (Wildman–Crippen LogP) is 5.69. The highest BCUT2D eigenvalue weighted by Crippen LogP contribution is 2.37. The number of hydrogen-bond donors (Lipinski definition) is 0. The molecule has 0 aliphatic carbocycles. The first-order valence-electron chi connectivity index (χ1n) is 9.30. The summed E-state index contributed by atoms with van der Waals surface area (Å²) in [5.74, 6) is 0. The number of aryl methyl sites for hydroxylation is 1. The fourth-order valence-corrected chi connectivity index (χ4v) is 4.39. The van der Waals surface area contributed by atoms with Crippen LogP contribution in [0.3, 0.4) is 0 Å². The van der Waals surface area contributed by atoms with Gasteiger partial charge >= 0.3 is 6.18 Å². The van der Waals surface area contributed by atoms with Crippen molar-refractivity contribution in [2.24, 2.45) is 0 Å². The van der Waals surface area contributed by atoms with E-state index in [-0.39, 0.29) is 27.2 Å². The van der Waals surface area contributed by atoms with E-state index >= 15 is 0 Å². The maximum absolute atomic E-state index is 13.5. The van der Waals surface area contributed by atoms with E-state index in [1.165, 1.54) is 18.2 Å². The zero-order valence-electron chi connectivity index (χ0n) is 16.6. The number of aromatic nitrogens is 2. The van der Waals surface area contributed by atoms with Gasteiger partial charge in [0.15, 0.2) is 9.84 Å². The first-order valence-corrected chi connectivity index (χ1v) is 11.2. The van der Waals surface area contributed by atoms with Gasteiger partial charge in [-0.3, -0.25) is 0 Å². The molecule has 0 amide bonds. The maximum atomic E-state index is 13.5. The number of fused-ring (bicyclic) bond motifs is 1. The second-order valence-electron chi connectivity index (χ2n) is 7.18. The number of benzene rings is 3. The zero-order chi connectivity index (χ0) is 22.4. The Hall–Kier alpha value is -3.26. The van der Waals surface area contributed by atoms with Gasteiger partial charge in [-0.05, 0) is 36.2 Å². The zero-order valence-corrected chi connectivity index (χ0v) is 17.4. The summed E-state index contributed by atoms with van der Waals surface area (Å²) in [6.07, 6.45) is -3.55. The highest BCUT2D eigenvalue weighted by Gasteiger charge is 2.34. The van der Waals surface area contributed by atoms with Crippen LogP contribution in [0.4, 0.5) is 13.2 Å².